The first-order chi connectivity index (χ1) is 15.5. The van der Waals surface area contributed by atoms with E-state index in [1.54, 1.807) is 33.5 Å². The van der Waals surface area contributed by atoms with Gasteiger partial charge in [-0.25, -0.2) is 0 Å². The van der Waals surface area contributed by atoms with Crippen LogP contribution in [0.15, 0.2) is 24.3 Å². The van der Waals surface area contributed by atoms with Gasteiger partial charge in [-0.15, -0.1) is 0 Å². The van der Waals surface area contributed by atoms with E-state index < -0.39 is 4.92 Å². The molecule has 0 spiro atoms. The van der Waals surface area contributed by atoms with Crippen LogP contribution in [0.4, 0.5) is 5.69 Å². The predicted molar refractivity (Wildman–Crippen MR) is 118 cm³/mol. The van der Waals surface area contributed by atoms with E-state index in [-0.39, 0.29) is 23.5 Å². The summed E-state index contributed by atoms with van der Waals surface area (Å²) in [6.07, 6.45) is 1.06. The molecule has 1 heterocycles. The van der Waals surface area contributed by atoms with Gasteiger partial charge in [0.1, 0.15) is 0 Å². The Morgan fingerprint density at radius 2 is 1.53 bits per heavy atom. The number of nitrogens with zero attached hydrogens (tertiary/aromatic N) is 1. The van der Waals surface area contributed by atoms with E-state index in [0.29, 0.717) is 42.6 Å². The van der Waals surface area contributed by atoms with Gasteiger partial charge in [0, 0.05) is 18.6 Å². The molecule has 0 N–H and O–H groups in total. The molecule has 9 nitrogen and oxygen atoms in total. The standard InChI is InChI=1S/C23H29NO8/c1-6-8-31-22-17(24(25)26)10-14(11-18(22)27-2)16-7-9-32-21(16)15-12-19(28-3)23(30-5)20(13-15)29-4/h10-13,16,21H,6-9H2,1-5H3/t16-,21-/m0/s1. The number of hydrogen-bond acceptors (Lipinski definition) is 8. The monoisotopic (exact) mass is 447 g/mol. The highest BCUT2D eigenvalue weighted by Crippen LogP contribution is 2.49. The van der Waals surface area contributed by atoms with E-state index in [1.165, 1.54) is 7.11 Å². The number of ether oxygens (including phenoxy) is 6. The highest BCUT2D eigenvalue weighted by molar-refractivity contribution is 5.60. The molecule has 0 bridgehead atoms. The van der Waals surface area contributed by atoms with Crippen molar-refractivity contribution in [1.82, 2.24) is 0 Å². The van der Waals surface area contributed by atoms with Gasteiger partial charge in [-0.2, -0.15) is 0 Å². The topological polar surface area (TPSA) is 98.5 Å². The first-order valence-corrected chi connectivity index (χ1v) is 10.4. The van der Waals surface area contributed by atoms with Crippen LogP contribution in [-0.4, -0.2) is 46.6 Å². The van der Waals surface area contributed by atoms with Crippen LogP contribution < -0.4 is 23.7 Å². The number of methoxy groups -OCH3 is 4. The lowest BCUT2D eigenvalue weighted by Crippen LogP contribution is -2.09. The third-order valence-electron chi connectivity index (χ3n) is 5.46. The molecule has 0 aliphatic carbocycles. The molecular formula is C23H29NO8. The molecule has 0 saturated carbocycles. The van der Waals surface area contributed by atoms with Crippen LogP contribution in [-0.2, 0) is 4.74 Å². The predicted octanol–water partition coefficient (Wildman–Crippen LogP) is 4.66. The molecular weight excluding hydrogens is 418 g/mol. The Hall–Kier alpha value is -3.20. The summed E-state index contributed by atoms with van der Waals surface area (Å²) in [6.45, 7) is 2.80. The fourth-order valence-electron chi connectivity index (χ4n) is 3.98. The Morgan fingerprint density at radius 3 is 2.06 bits per heavy atom. The molecule has 32 heavy (non-hydrogen) atoms. The maximum Gasteiger partial charge on any atom is 0.315 e. The smallest absolute Gasteiger partial charge is 0.315 e. The minimum atomic E-state index is -0.443. The van der Waals surface area contributed by atoms with Crippen LogP contribution in [0.5, 0.6) is 28.7 Å². The first-order valence-electron chi connectivity index (χ1n) is 10.4. The summed E-state index contributed by atoms with van der Waals surface area (Å²) in [5.74, 6) is 1.86. The van der Waals surface area contributed by atoms with Crippen LogP contribution in [0, 0.1) is 10.1 Å². The van der Waals surface area contributed by atoms with E-state index >= 15 is 0 Å². The highest BCUT2D eigenvalue weighted by atomic mass is 16.6. The third-order valence-corrected chi connectivity index (χ3v) is 5.46. The van der Waals surface area contributed by atoms with Gasteiger partial charge in [-0.1, -0.05) is 6.92 Å². The molecule has 2 aromatic carbocycles. The average Bonchev–Trinajstić information content (AvgIpc) is 3.31. The Kier molecular flexibility index (Phi) is 7.63. The van der Waals surface area contributed by atoms with E-state index in [2.05, 4.69) is 0 Å². The molecule has 1 saturated heterocycles. The third kappa shape index (κ3) is 4.52. The van der Waals surface area contributed by atoms with Gasteiger partial charge >= 0.3 is 5.69 Å². The quantitative estimate of drug-likeness (QED) is 0.383. The first kappa shape index (κ1) is 23.5. The molecule has 0 unspecified atom stereocenters. The highest BCUT2D eigenvalue weighted by Gasteiger charge is 2.35. The Labute approximate surface area is 187 Å². The lowest BCUT2D eigenvalue weighted by molar-refractivity contribution is -0.386. The van der Waals surface area contributed by atoms with Crippen molar-refractivity contribution in [3.63, 3.8) is 0 Å². The average molecular weight is 447 g/mol. The molecule has 0 aromatic heterocycles. The van der Waals surface area contributed by atoms with Crippen LogP contribution in [0.3, 0.4) is 0 Å². The Morgan fingerprint density at radius 1 is 0.938 bits per heavy atom. The fourth-order valence-corrected chi connectivity index (χ4v) is 3.98. The van der Waals surface area contributed by atoms with E-state index in [1.807, 2.05) is 19.1 Å². The van der Waals surface area contributed by atoms with Gasteiger partial charge in [0.25, 0.3) is 0 Å². The van der Waals surface area contributed by atoms with Crippen LogP contribution >= 0.6 is 0 Å². The van der Waals surface area contributed by atoms with E-state index in [9.17, 15) is 10.1 Å². The SMILES string of the molecule is CCCOc1c(OC)cc([C@@H]2CCO[C@H]2c2cc(OC)c(OC)c(OC)c2)cc1[N+](=O)[O-]. The summed E-state index contributed by atoms with van der Waals surface area (Å²) in [7, 11) is 6.13. The number of nitro benzene ring substituents is 1. The minimum Gasteiger partial charge on any atom is -0.493 e. The van der Waals surface area contributed by atoms with Crippen LogP contribution in [0.2, 0.25) is 0 Å². The number of benzene rings is 2. The molecule has 9 heteroatoms. The zero-order valence-corrected chi connectivity index (χ0v) is 19.0. The zero-order chi connectivity index (χ0) is 23.3. The molecule has 2 atom stereocenters. The molecule has 3 rings (SSSR count). The van der Waals surface area contributed by atoms with Crippen molar-refractivity contribution >= 4 is 5.69 Å². The van der Waals surface area contributed by atoms with Crippen molar-refractivity contribution in [2.24, 2.45) is 0 Å². The molecule has 0 radical (unpaired) electrons. The van der Waals surface area contributed by atoms with Crippen molar-refractivity contribution in [3.05, 3.63) is 45.5 Å². The lowest BCUT2D eigenvalue weighted by atomic mass is 9.88. The van der Waals surface area contributed by atoms with E-state index in [0.717, 1.165) is 17.5 Å². The van der Waals surface area contributed by atoms with Gasteiger partial charge in [0.2, 0.25) is 11.5 Å². The largest absolute Gasteiger partial charge is 0.493 e. The van der Waals surface area contributed by atoms with Gasteiger partial charge in [-0.05, 0) is 42.2 Å². The van der Waals surface area contributed by atoms with Crippen LogP contribution in [0.1, 0.15) is 42.9 Å². The molecule has 0 amide bonds. The fraction of sp³-hybridized carbons (Fsp3) is 0.478. The summed E-state index contributed by atoms with van der Waals surface area (Å²) in [4.78, 5) is 11.4. The Balaban J connectivity index is 2.06. The van der Waals surface area contributed by atoms with Crippen molar-refractivity contribution in [2.45, 2.75) is 31.8 Å². The van der Waals surface area contributed by atoms with E-state index in [4.69, 9.17) is 28.4 Å². The van der Waals surface area contributed by atoms with Gasteiger partial charge in [0.15, 0.2) is 17.2 Å². The van der Waals surface area contributed by atoms with Crippen LogP contribution in [0.25, 0.3) is 0 Å². The maximum atomic E-state index is 11.8. The van der Waals surface area contributed by atoms with Gasteiger partial charge < -0.3 is 28.4 Å². The minimum absolute atomic E-state index is 0.122. The molecule has 1 fully saturated rings. The van der Waals surface area contributed by atoms with Crippen molar-refractivity contribution < 1.29 is 33.3 Å². The summed E-state index contributed by atoms with van der Waals surface area (Å²) >= 11 is 0. The molecule has 1 aliphatic rings. The number of rotatable bonds is 10. The molecule has 2 aromatic rings. The normalized spacial score (nSPS) is 17.7. The summed E-state index contributed by atoms with van der Waals surface area (Å²) in [5, 5.41) is 11.8. The van der Waals surface area contributed by atoms with Crippen molar-refractivity contribution in [2.75, 3.05) is 41.7 Å². The Bertz CT molecular complexity index is 936. The lowest BCUT2D eigenvalue weighted by Gasteiger charge is -2.22. The number of hydrogen-bond donors (Lipinski definition) is 0. The summed E-state index contributed by atoms with van der Waals surface area (Å²) in [6, 6.07) is 7.03. The molecule has 174 valence electrons. The zero-order valence-electron chi connectivity index (χ0n) is 19.0. The maximum absolute atomic E-state index is 11.8. The number of nitro groups is 1. The second-order valence-electron chi connectivity index (χ2n) is 7.32. The van der Waals surface area contributed by atoms with Gasteiger partial charge in [-0.3, -0.25) is 10.1 Å². The van der Waals surface area contributed by atoms with Crippen molar-refractivity contribution in [3.8, 4) is 28.7 Å². The van der Waals surface area contributed by atoms with Gasteiger partial charge in [0.05, 0.1) is 46.1 Å². The second-order valence-corrected chi connectivity index (χ2v) is 7.32. The summed E-state index contributed by atoms with van der Waals surface area (Å²) < 4.78 is 33.5. The molecule has 1 aliphatic heterocycles. The second kappa shape index (κ2) is 10.4. The van der Waals surface area contributed by atoms with Crippen molar-refractivity contribution in [1.29, 1.82) is 0 Å². The summed E-state index contributed by atoms with van der Waals surface area (Å²) in [5.41, 5.74) is 1.45.